The SMILES string of the molecule is CC1C(c2ccccc2)NC(=S)N1O.N=C1N(c2ccccc2)C(=S)N(O)C12CCCCC2. The van der Waals surface area contributed by atoms with Crippen molar-refractivity contribution < 1.29 is 10.4 Å². The molecule has 2 aliphatic heterocycles. The van der Waals surface area contributed by atoms with Gasteiger partial charge in [-0.25, -0.2) is 10.1 Å². The van der Waals surface area contributed by atoms with E-state index in [4.69, 9.17) is 29.8 Å². The molecule has 1 saturated carbocycles. The molecule has 0 amide bonds. The van der Waals surface area contributed by atoms with Crippen LogP contribution in [0.1, 0.15) is 50.6 Å². The zero-order valence-corrected chi connectivity index (χ0v) is 20.1. The summed E-state index contributed by atoms with van der Waals surface area (Å²) >= 11 is 10.3. The Morgan fingerprint density at radius 2 is 1.52 bits per heavy atom. The van der Waals surface area contributed by atoms with Gasteiger partial charge in [0.15, 0.2) is 5.11 Å². The van der Waals surface area contributed by atoms with Crippen molar-refractivity contribution in [2.24, 2.45) is 0 Å². The van der Waals surface area contributed by atoms with Crippen molar-refractivity contribution in [1.82, 2.24) is 15.4 Å². The minimum absolute atomic E-state index is 0.0232. The Hall–Kier alpha value is -2.59. The van der Waals surface area contributed by atoms with Crippen LogP contribution in [0.25, 0.3) is 0 Å². The molecule has 1 aliphatic carbocycles. The molecule has 3 aliphatic rings. The van der Waals surface area contributed by atoms with Crippen LogP contribution < -0.4 is 10.2 Å². The molecule has 2 aromatic rings. The zero-order chi connectivity index (χ0) is 23.6. The second-order valence-electron chi connectivity index (χ2n) is 8.63. The van der Waals surface area contributed by atoms with Crippen LogP contribution in [-0.4, -0.2) is 48.2 Å². The fourth-order valence-corrected chi connectivity index (χ4v) is 5.42. The minimum Gasteiger partial charge on any atom is -0.352 e. The van der Waals surface area contributed by atoms with E-state index in [1.54, 1.807) is 4.90 Å². The van der Waals surface area contributed by atoms with E-state index >= 15 is 0 Å². The lowest BCUT2D eigenvalue weighted by Gasteiger charge is -2.36. The Kier molecular flexibility index (Phi) is 6.94. The second-order valence-corrected chi connectivity index (χ2v) is 9.38. The normalized spacial score (nSPS) is 24.1. The monoisotopic (exact) mass is 483 g/mol. The quantitative estimate of drug-likeness (QED) is 0.451. The van der Waals surface area contributed by atoms with E-state index in [1.807, 2.05) is 67.6 Å². The number of hydrogen-bond acceptors (Lipinski definition) is 5. The molecule has 7 nitrogen and oxygen atoms in total. The number of hydroxylamine groups is 4. The van der Waals surface area contributed by atoms with Gasteiger partial charge >= 0.3 is 0 Å². The highest BCUT2D eigenvalue weighted by atomic mass is 32.1. The van der Waals surface area contributed by atoms with Crippen LogP contribution in [-0.2, 0) is 0 Å². The average molecular weight is 484 g/mol. The fourth-order valence-electron chi connectivity index (χ4n) is 4.75. The molecule has 2 saturated heterocycles. The van der Waals surface area contributed by atoms with Crippen molar-refractivity contribution in [1.29, 1.82) is 5.41 Å². The first-order chi connectivity index (χ1) is 15.9. The zero-order valence-electron chi connectivity index (χ0n) is 18.5. The highest BCUT2D eigenvalue weighted by molar-refractivity contribution is 7.80. The van der Waals surface area contributed by atoms with Crippen molar-refractivity contribution in [2.75, 3.05) is 4.90 Å². The van der Waals surface area contributed by atoms with E-state index in [9.17, 15) is 10.4 Å². The summed E-state index contributed by atoms with van der Waals surface area (Å²) in [4.78, 5) is 1.68. The number of rotatable bonds is 2. The van der Waals surface area contributed by atoms with E-state index in [0.717, 1.165) is 47.1 Å². The summed E-state index contributed by atoms with van der Waals surface area (Å²) in [6.07, 6.45) is 4.83. The van der Waals surface area contributed by atoms with E-state index in [2.05, 4.69) is 5.32 Å². The van der Waals surface area contributed by atoms with E-state index < -0.39 is 5.54 Å². The Morgan fingerprint density at radius 3 is 2.06 bits per heavy atom. The molecule has 0 bridgehead atoms. The van der Waals surface area contributed by atoms with Crippen molar-refractivity contribution in [3.63, 3.8) is 0 Å². The minimum atomic E-state index is -0.606. The molecule has 0 aromatic heterocycles. The smallest absolute Gasteiger partial charge is 0.206 e. The summed E-state index contributed by atoms with van der Waals surface area (Å²) in [5.74, 6) is 0.408. The molecule has 2 aromatic carbocycles. The highest BCUT2D eigenvalue weighted by Gasteiger charge is 2.53. The third-order valence-corrected chi connectivity index (χ3v) is 7.31. The lowest BCUT2D eigenvalue weighted by Crippen LogP contribution is -2.49. The molecule has 2 unspecified atom stereocenters. The number of para-hydroxylation sites is 1. The molecule has 5 rings (SSSR count). The van der Waals surface area contributed by atoms with Gasteiger partial charge in [0.2, 0.25) is 5.11 Å². The Balaban J connectivity index is 0.000000165. The summed E-state index contributed by atoms with van der Waals surface area (Å²) < 4.78 is 0. The first-order valence-electron chi connectivity index (χ1n) is 11.2. The number of amidine groups is 1. The molecular weight excluding hydrogens is 454 g/mol. The number of hydrogen-bond donors (Lipinski definition) is 4. The third kappa shape index (κ3) is 4.33. The Bertz CT molecular complexity index is 1010. The van der Waals surface area contributed by atoms with Gasteiger partial charge in [0.1, 0.15) is 11.4 Å². The maximum Gasteiger partial charge on any atom is 0.206 e. The number of anilines is 1. The Labute approximate surface area is 205 Å². The second kappa shape index (κ2) is 9.72. The van der Waals surface area contributed by atoms with E-state index in [-0.39, 0.29) is 12.1 Å². The van der Waals surface area contributed by atoms with Gasteiger partial charge in [-0.15, -0.1) is 0 Å². The summed E-state index contributed by atoms with van der Waals surface area (Å²) in [5, 5.41) is 34.4. The van der Waals surface area contributed by atoms with Crippen LogP contribution in [0.4, 0.5) is 5.69 Å². The van der Waals surface area contributed by atoms with Gasteiger partial charge in [-0.2, -0.15) is 0 Å². The van der Waals surface area contributed by atoms with Gasteiger partial charge in [-0.05, 0) is 61.9 Å². The number of nitrogens with zero attached hydrogens (tertiary/aromatic N) is 3. The molecule has 2 atom stereocenters. The molecule has 0 radical (unpaired) electrons. The predicted molar refractivity (Wildman–Crippen MR) is 137 cm³/mol. The number of thiocarbonyl (C=S) groups is 2. The van der Waals surface area contributed by atoms with Crippen LogP contribution >= 0.6 is 24.4 Å². The first-order valence-corrected chi connectivity index (χ1v) is 12.0. The topological polar surface area (TPSA) is 86.1 Å². The van der Waals surface area contributed by atoms with Gasteiger partial charge in [-0.3, -0.25) is 20.7 Å². The fraction of sp³-hybridized carbons (Fsp3) is 0.375. The summed E-state index contributed by atoms with van der Waals surface area (Å²) in [7, 11) is 0. The Morgan fingerprint density at radius 1 is 0.939 bits per heavy atom. The van der Waals surface area contributed by atoms with Crippen LogP contribution in [0.5, 0.6) is 0 Å². The maximum absolute atomic E-state index is 10.4. The maximum atomic E-state index is 10.4. The highest BCUT2D eigenvalue weighted by Crippen LogP contribution is 2.41. The van der Waals surface area contributed by atoms with Crippen LogP contribution in [0.3, 0.4) is 0 Å². The van der Waals surface area contributed by atoms with Gasteiger partial charge in [0.25, 0.3) is 0 Å². The van der Waals surface area contributed by atoms with E-state index in [1.165, 1.54) is 6.42 Å². The van der Waals surface area contributed by atoms with Gasteiger partial charge in [0, 0.05) is 5.69 Å². The summed E-state index contributed by atoms with van der Waals surface area (Å²) in [5.41, 5.74) is 1.38. The van der Waals surface area contributed by atoms with Gasteiger partial charge in [-0.1, -0.05) is 67.8 Å². The average Bonchev–Trinajstić information content (AvgIpc) is 3.21. The standard InChI is InChI=1S/C14H17N3OS.C10H12N2OS/c15-12-14(9-5-2-6-10-14)17(18)13(19)16(12)11-7-3-1-4-8-11;1-7-9(11-10(14)12(7)13)8-5-3-2-4-6-8/h1,3-4,7-8,15,18H,2,5-6,9-10H2;2-7,9,13H,1H3,(H,11,14). The van der Waals surface area contributed by atoms with Crippen LogP contribution in [0.2, 0.25) is 0 Å². The third-order valence-electron chi connectivity index (χ3n) is 6.65. The molecular formula is C24H29N5O2S2. The molecule has 3 fully saturated rings. The number of nitrogens with one attached hydrogen (secondary N) is 2. The van der Waals surface area contributed by atoms with Gasteiger partial charge < -0.3 is 5.32 Å². The van der Waals surface area contributed by atoms with Crippen molar-refractivity contribution >= 4 is 46.2 Å². The van der Waals surface area contributed by atoms with Crippen molar-refractivity contribution in [3.8, 4) is 0 Å². The largest absolute Gasteiger partial charge is 0.352 e. The summed E-state index contributed by atoms with van der Waals surface area (Å²) in [6, 6.07) is 19.6. The van der Waals surface area contributed by atoms with Crippen molar-refractivity contribution in [3.05, 3.63) is 66.2 Å². The molecule has 33 heavy (non-hydrogen) atoms. The lowest BCUT2D eigenvalue weighted by atomic mass is 9.81. The molecule has 2 heterocycles. The molecule has 4 N–H and O–H groups in total. The summed E-state index contributed by atoms with van der Waals surface area (Å²) in [6.45, 7) is 1.93. The number of benzene rings is 2. The molecule has 174 valence electrons. The molecule has 1 spiro atoms. The van der Waals surface area contributed by atoms with E-state index in [0.29, 0.717) is 16.1 Å². The first kappa shape index (κ1) is 23.6. The van der Waals surface area contributed by atoms with Crippen LogP contribution in [0.15, 0.2) is 60.7 Å². The lowest BCUT2D eigenvalue weighted by molar-refractivity contribution is -0.0816. The van der Waals surface area contributed by atoms with Gasteiger partial charge in [0.05, 0.1) is 12.1 Å². The van der Waals surface area contributed by atoms with Crippen molar-refractivity contribution in [2.45, 2.75) is 56.7 Å². The molecule has 9 heteroatoms. The predicted octanol–water partition coefficient (Wildman–Crippen LogP) is 4.86. The van der Waals surface area contributed by atoms with Crippen LogP contribution in [0, 0.1) is 5.41 Å².